The summed E-state index contributed by atoms with van der Waals surface area (Å²) in [5, 5.41) is 6.50. The van der Waals surface area contributed by atoms with E-state index < -0.39 is 0 Å². The number of nitrogens with zero attached hydrogens (tertiary/aromatic N) is 2. The fraction of sp³-hybridized carbons (Fsp3) is 0.615. The van der Waals surface area contributed by atoms with Crippen molar-refractivity contribution in [1.29, 1.82) is 0 Å². The van der Waals surface area contributed by atoms with Gasteiger partial charge in [-0.3, -0.25) is 9.59 Å². The lowest BCUT2D eigenvalue weighted by Gasteiger charge is -2.34. The van der Waals surface area contributed by atoms with Gasteiger partial charge in [-0.1, -0.05) is 5.16 Å². The summed E-state index contributed by atoms with van der Waals surface area (Å²) in [5.41, 5.74) is 0. The molecule has 20 heavy (non-hydrogen) atoms. The van der Waals surface area contributed by atoms with Crippen LogP contribution in [0, 0.1) is 6.92 Å². The molecule has 0 aliphatic carbocycles. The summed E-state index contributed by atoms with van der Waals surface area (Å²) in [5.74, 6) is 1.13. The van der Waals surface area contributed by atoms with Crippen LogP contribution in [0.1, 0.15) is 19.6 Å². The van der Waals surface area contributed by atoms with Gasteiger partial charge in [-0.05, 0) is 13.8 Å². The van der Waals surface area contributed by atoms with Gasteiger partial charge in [0, 0.05) is 13.0 Å². The zero-order valence-electron chi connectivity index (χ0n) is 12.1. The summed E-state index contributed by atoms with van der Waals surface area (Å²) in [4.78, 5) is 26.4. The number of quaternary nitrogens is 1. The van der Waals surface area contributed by atoms with E-state index in [1.165, 1.54) is 4.90 Å². The standard InChI is InChI=1S/C13H20N4O3/c1-9-8-12(15-20-9)14-13(19)10(2)16-4-6-17(7-5-16)11(3)18/h8,10H,4-7H2,1-3H3,(H,14,15,19)/p+1/t10-/m1/s1. The third-order valence-corrected chi connectivity index (χ3v) is 3.74. The summed E-state index contributed by atoms with van der Waals surface area (Å²) in [6.45, 7) is 8.21. The molecular formula is C13H21N4O3+. The predicted octanol–water partition coefficient (Wildman–Crippen LogP) is -0.943. The van der Waals surface area contributed by atoms with Crippen molar-refractivity contribution in [2.75, 3.05) is 31.5 Å². The van der Waals surface area contributed by atoms with Crippen molar-refractivity contribution < 1.29 is 19.0 Å². The summed E-state index contributed by atoms with van der Waals surface area (Å²) in [7, 11) is 0. The molecule has 110 valence electrons. The first-order valence-corrected chi connectivity index (χ1v) is 6.81. The number of hydrogen-bond donors (Lipinski definition) is 2. The summed E-state index contributed by atoms with van der Waals surface area (Å²) < 4.78 is 4.92. The number of anilines is 1. The molecule has 2 heterocycles. The Morgan fingerprint density at radius 3 is 2.60 bits per heavy atom. The third kappa shape index (κ3) is 3.36. The van der Waals surface area contributed by atoms with Gasteiger partial charge in [0.25, 0.3) is 5.91 Å². The second-order valence-corrected chi connectivity index (χ2v) is 5.20. The molecule has 1 saturated heterocycles. The minimum absolute atomic E-state index is 0.0791. The molecule has 1 atom stereocenters. The number of nitrogens with one attached hydrogen (secondary N) is 2. The first-order valence-electron chi connectivity index (χ1n) is 6.81. The van der Waals surface area contributed by atoms with Crippen LogP contribution in [0.3, 0.4) is 0 Å². The molecule has 0 bridgehead atoms. The minimum atomic E-state index is -0.180. The van der Waals surface area contributed by atoms with Gasteiger partial charge in [0.1, 0.15) is 5.76 Å². The van der Waals surface area contributed by atoms with Crippen molar-refractivity contribution in [2.45, 2.75) is 26.8 Å². The maximum absolute atomic E-state index is 12.1. The topological polar surface area (TPSA) is 79.9 Å². The normalized spacial score (nSPS) is 17.9. The highest BCUT2D eigenvalue weighted by molar-refractivity contribution is 5.92. The highest BCUT2D eigenvalue weighted by atomic mass is 16.5. The molecule has 0 radical (unpaired) electrons. The Bertz CT molecular complexity index is 492. The van der Waals surface area contributed by atoms with Crippen molar-refractivity contribution >= 4 is 17.6 Å². The lowest BCUT2D eigenvalue weighted by atomic mass is 10.2. The van der Waals surface area contributed by atoms with Gasteiger partial charge in [0.15, 0.2) is 11.9 Å². The highest BCUT2D eigenvalue weighted by Gasteiger charge is 2.30. The fourth-order valence-electron chi connectivity index (χ4n) is 2.39. The van der Waals surface area contributed by atoms with E-state index in [-0.39, 0.29) is 17.9 Å². The second-order valence-electron chi connectivity index (χ2n) is 5.20. The van der Waals surface area contributed by atoms with Crippen LogP contribution >= 0.6 is 0 Å². The minimum Gasteiger partial charge on any atom is -0.360 e. The molecule has 1 aliphatic rings. The van der Waals surface area contributed by atoms with Crippen molar-refractivity contribution in [3.05, 3.63) is 11.8 Å². The van der Waals surface area contributed by atoms with Crippen LogP contribution in [0.25, 0.3) is 0 Å². The maximum atomic E-state index is 12.1. The van der Waals surface area contributed by atoms with Crippen LogP contribution < -0.4 is 10.2 Å². The van der Waals surface area contributed by atoms with Gasteiger partial charge in [-0.15, -0.1) is 0 Å². The fourth-order valence-corrected chi connectivity index (χ4v) is 2.39. The van der Waals surface area contributed by atoms with Crippen LogP contribution in [-0.2, 0) is 9.59 Å². The van der Waals surface area contributed by atoms with Crippen LogP contribution in [0.2, 0.25) is 0 Å². The van der Waals surface area contributed by atoms with E-state index in [0.717, 1.165) is 13.1 Å². The van der Waals surface area contributed by atoms with E-state index >= 15 is 0 Å². The van der Waals surface area contributed by atoms with E-state index in [9.17, 15) is 9.59 Å². The molecule has 2 rings (SSSR count). The number of aryl methyl sites for hydroxylation is 1. The molecule has 0 spiro atoms. The van der Waals surface area contributed by atoms with E-state index in [1.807, 2.05) is 11.8 Å². The number of aromatic nitrogens is 1. The van der Waals surface area contributed by atoms with Gasteiger partial charge in [-0.25, -0.2) is 0 Å². The van der Waals surface area contributed by atoms with E-state index in [0.29, 0.717) is 24.7 Å². The second kappa shape index (κ2) is 6.04. The van der Waals surface area contributed by atoms with Gasteiger partial charge in [0.2, 0.25) is 5.91 Å². The molecule has 1 fully saturated rings. The van der Waals surface area contributed by atoms with Gasteiger partial charge in [0.05, 0.1) is 26.2 Å². The van der Waals surface area contributed by atoms with E-state index in [4.69, 9.17) is 4.52 Å². The predicted molar refractivity (Wildman–Crippen MR) is 72.3 cm³/mol. The molecule has 2 N–H and O–H groups in total. The number of hydrogen-bond acceptors (Lipinski definition) is 4. The highest BCUT2D eigenvalue weighted by Crippen LogP contribution is 2.06. The largest absolute Gasteiger partial charge is 0.360 e. The molecular weight excluding hydrogens is 260 g/mol. The number of amides is 2. The molecule has 7 nitrogen and oxygen atoms in total. The third-order valence-electron chi connectivity index (χ3n) is 3.74. The Morgan fingerprint density at radius 2 is 2.10 bits per heavy atom. The Balaban J connectivity index is 1.86. The zero-order chi connectivity index (χ0) is 14.7. The van der Waals surface area contributed by atoms with Gasteiger partial charge >= 0.3 is 0 Å². The first kappa shape index (κ1) is 14.5. The summed E-state index contributed by atoms with van der Waals surface area (Å²) >= 11 is 0. The number of piperazine rings is 1. The van der Waals surface area contributed by atoms with E-state index in [2.05, 4.69) is 10.5 Å². The maximum Gasteiger partial charge on any atom is 0.283 e. The van der Waals surface area contributed by atoms with Crippen molar-refractivity contribution in [3.8, 4) is 0 Å². The Morgan fingerprint density at radius 1 is 1.45 bits per heavy atom. The smallest absolute Gasteiger partial charge is 0.283 e. The molecule has 0 unspecified atom stereocenters. The van der Waals surface area contributed by atoms with Gasteiger partial charge in [-0.2, -0.15) is 0 Å². The Labute approximate surface area is 117 Å². The Hall–Kier alpha value is -1.89. The molecule has 0 saturated carbocycles. The quantitative estimate of drug-likeness (QED) is 0.749. The van der Waals surface area contributed by atoms with Crippen molar-refractivity contribution in [3.63, 3.8) is 0 Å². The van der Waals surface area contributed by atoms with Crippen molar-refractivity contribution in [2.24, 2.45) is 0 Å². The van der Waals surface area contributed by atoms with Crippen molar-refractivity contribution in [1.82, 2.24) is 10.1 Å². The van der Waals surface area contributed by atoms with Crippen LogP contribution in [0.4, 0.5) is 5.82 Å². The summed E-state index contributed by atoms with van der Waals surface area (Å²) in [6.07, 6.45) is 0. The number of carbonyl (C=O) groups is 2. The SMILES string of the molecule is CC(=O)N1CC[NH+]([C@H](C)C(=O)Nc2cc(C)on2)CC1. The zero-order valence-corrected chi connectivity index (χ0v) is 12.1. The van der Waals surface area contributed by atoms with Crippen LogP contribution in [-0.4, -0.2) is 54.1 Å². The number of rotatable bonds is 3. The first-order chi connectivity index (χ1) is 9.47. The monoisotopic (exact) mass is 281 g/mol. The lowest BCUT2D eigenvalue weighted by Crippen LogP contribution is -3.19. The molecule has 7 heteroatoms. The molecule has 1 aliphatic heterocycles. The molecule has 2 amide bonds. The average molecular weight is 281 g/mol. The van der Waals surface area contributed by atoms with E-state index in [1.54, 1.807) is 19.9 Å². The average Bonchev–Trinajstić information content (AvgIpc) is 2.83. The molecule has 1 aromatic rings. The lowest BCUT2D eigenvalue weighted by molar-refractivity contribution is -0.917. The molecule has 1 aromatic heterocycles. The van der Waals surface area contributed by atoms with Gasteiger partial charge < -0.3 is 19.6 Å². The molecule has 0 aromatic carbocycles. The number of carbonyl (C=O) groups excluding carboxylic acids is 2. The summed E-state index contributed by atoms with van der Waals surface area (Å²) in [6, 6.07) is 1.51. The Kier molecular flexibility index (Phi) is 4.39. The van der Waals surface area contributed by atoms with Crippen LogP contribution in [0.15, 0.2) is 10.6 Å². The van der Waals surface area contributed by atoms with Crippen LogP contribution in [0.5, 0.6) is 0 Å².